The van der Waals surface area contributed by atoms with E-state index in [2.05, 4.69) is 24.1 Å². The molecule has 1 aliphatic rings. The zero-order chi connectivity index (χ0) is 15.2. The highest BCUT2D eigenvalue weighted by Gasteiger charge is 2.30. The molecule has 0 aromatic heterocycles. The van der Waals surface area contributed by atoms with E-state index in [4.69, 9.17) is 12.2 Å². The largest absolute Gasteiger partial charge is 0.358 e. The van der Waals surface area contributed by atoms with Crippen molar-refractivity contribution in [2.24, 2.45) is 0 Å². The summed E-state index contributed by atoms with van der Waals surface area (Å²) in [5.74, 6) is 0.0724. The Morgan fingerprint density at radius 2 is 1.95 bits per heavy atom. The van der Waals surface area contributed by atoms with Gasteiger partial charge in [0.05, 0.1) is 0 Å². The van der Waals surface area contributed by atoms with Gasteiger partial charge < -0.3 is 10.2 Å². The third-order valence-corrected chi connectivity index (χ3v) is 5.23. The number of carbonyl (C=O) groups is 1. The number of nitrogens with zero attached hydrogens (tertiary/aromatic N) is 1. The molecule has 0 saturated heterocycles. The lowest BCUT2D eigenvalue weighted by Gasteiger charge is -2.24. The SMILES string of the molecule is CCN(CC)C(=S)S[C@@H](C(=O)NC1CC1)c1ccccc1. The van der Waals surface area contributed by atoms with E-state index in [9.17, 15) is 4.79 Å². The second-order valence-electron chi connectivity index (χ2n) is 5.13. The van der Waals surface area contributed by atoms with Gasteiger partial charge in [0.2, 0.25) is 5.91 Å². The summed E-state index contributed by atoms with van der Waals surface area (Å²) in [6, 6.07) is 10.3. The number of rotatable bonds is 6. The minimum Gasteiger partial charge on any atom is -0.358 e. The van der Waals surface area contributed by atoms with Crippen molar-refractivity contribution in [3.05, 3.63) is 35.9 Å². The predicted molar refractivity (Wildman–Crippen MR) is 93.5 cm³/mol. The van der Waals surface area contributed by atoms with Crippen molar-refractivity contribution in [3.8, 4) is 0 Å². The molecule has 114 valence electrons. The van der Waals surface area contributed by atoms with E-state index in [-0.39, 0.29) is 11.2 Å². The molecule has 0 radical (unpaired) electrons. The van der Waals surface area contributed by atoms with E-state index in [0.29, 0.717) is 6.04 Å². The number of amides is 1. The molecular formula is C16H22N2OS2. The van der Waals surface area contributed by atoms with Crippen LogP contribution in [0.5, 0.6) is 0 Å². The smallest absolute Gasteiger partial charge is 0.238 e. The molecule has 0 spiro atoms. The van der Waals surface area contributed by atoms with Gasteiger partial charge in [-0.3, -0.25) is 4.79 Å². The Morgan fingerprint density at radius 3 is 2.48 bits per heavy atom. The van der Waals surface area contributed by atoms with Crippen LogP contribution in [0.15, 0.2) is 30.3 Å². The molecule has 3 nitrogen and oxygen atoms in total. The van der Waals surface area contributed by atoms with Gasteiger partial charge in [0.25, 0.3) is 0 Å². The monoisotopic (exact) mass is 322 g/mol. The van der Waals surface area contributed by atoms with Gasteiger partial charge in [0.1, 0.15) is 9.57 Å². The first-order valence-electron chi connectivity index (χ1n) is 7.46. The molecule has 1 aromatic carbocycles. The minimum absolute atomic E-state index is 0.0724. The normalized spacial score (nSPS) is 15.3. The molecule has 0 heterocycles. The molecule has 1 fully saturated rings. The maximum atomic E-state index is 12.5. The molecule has 0 aliphatic heterocycles. The van der Waals surface area contributed by atoms with Gasteiger partial charge in [0.15, 0.2) is 0 Å². The summed E-state index contributed by atoms with van der Waals surface area (Å²) in [6.45, 7) is 5.90. The van der Waals surface area contributed by atoms with Gasteiger partial charge in [-0.05, 0) is 32.3 Å². The fraction of sp³-hybridized carbons (Fsp3) is 0.500. The van der Waals surface area contributed by atoms with Crippen LogP contribution in [0, 0.1) is 0 Å². The molecule has 1 aliphatic carbocycles. The van der Waals surface area contributed by atoms with Crippen LogP contribution in [0.25, 0.3) is 0 Å². The number of hydrogen-bond acceptors (Lipinski definition) is 3. The van der Waals surface area contributed by atoms with Crippen molar-refractivity contribution in [3.63, 3.8) is 0 Å². The van der Waals surface area contributed by atoms with Crippen LogP contribution in [0.3, 0.4) is 0 Å². The van der Waals surface area contributed by atoms with E-state index in [0.717, 1.165) is 35.8 Å². The van der Waals surface area contributed by atoms with Gasteiger partial charge in [-0.25, -0.2) is 0 Å². The predicted octanol–water partition coefficient (Wildman–Crippen LogP) is 3.37. The molecule has 1 aromatic rings. The first kappa shape index (κ1) is 16.3. The van der Waals surface area contributed by atoms with Gasteiger partial charge in [-0.15, -0.1) is 0 Å². The van der Waals surface area contributed by atoms with Crippen LogP contribution in [0.4, 0.5) is 0 Å². The van der Waals surface area contributed by atoms with Crippen molar-refractivity contribution in [2.75, 3.05) is 13.1 Å². The second kappa shape index (κ2) is 7.80. The van der Waals surface area contributed by atoms with Crippen molar-refractivity contribution in [1.82, 2.24) is 10.2 Å². The molecule has 1 saturated carbocycles. The third-order valence-electron chi connectivity index (χ3n) is 3.50. The fourth-order valence-electron chi connectivity index (χ4n) is 2.06. The highest BCUT2D eigenvalue weighted by atomic mass is 32.2. The van der Waals surface area contributed by atoms with Crippen LogP contribution >= 0.6 is 24.0 Å². The molecule has 0 bridgehead atoms. The van der Waals surface area contributed by atoms with Crippen molar-refractivity contribution < 1.29 is 4.79 Å². The Bertz CT molecular complexity index is 484. The average molecular weight is 322 g/mol. The Labute approximate surface area is 136 Å². The maximum absolute atomic E-state index is 12.5. The highest BCUT2D eigenvalue weighted by Crippen LogP contribution is 2.32. The lowest BCUT2D eigenvalue weighted by molar-refractivity contribution is -0.120. The lowest BCUT2D eigenvalue weighted by Crippen LogP contribution is -2.33. The van der Waals surface area contributed by atoms with Crippen molar-refractivity contribution in [1.29, 1.82) is 0 Å². The Morgan fingerprint density at radius 1 is 1.33 bits per heavy atom. The van der Waals surface area contributed by atoms with Gasteiger partial charge in [-0.2, -0.15) is 0 Å². The van der Waals surface area contributed by atoms with Crippen LogP contribution in [-0.2, 0) is 4.79 Å². The minimum atomic E-state index is -0.264. The maximum Gasteiger partial charge on any atom is 0.238 e. The molecule has 1 atom stereocenters. The zero-order valence-corrected chi connectivity index (χ0v) is 14.2. The van der Waals surface area contributed by atoms with Crippen LogP contribution in [0.2, 0.25) is 0 Å². The first-order chi connectivity index (χ1) is 10.2. The standard InChI is InChI=1S/C16H22N2OS2/c1-3-18(4-2)16(20)21-14(12-8-6-5-7-9-12)15(19)17-13-10-11-13/h5-9,13-14H,3-4,10-11H2,1-2H3,(H,17,19)/t14-/m1/s1. The highest BCUT2D eigenvalue weighted by molar-refractivity contribution is 8.23. The van der Waals surface area contributed by atoms with E-state index in [1.807, 2.05) is 30.3 Å². The van der Waals surface area contributed by atoms with Crippen LogP contribution < -0.4 is 5.32 Å². The van der Waals surface area contributed by atoms with E-state index in [1.165, 1.54) is 11.8 Å². The number of hydrogen-bond donors (Lipinski definition) is 1. The lowest BCUT2D eigenvalue weighted by atomic mass is 10.1. The molecular weight excluding hydrogens is 300 g/mol. The second-order valence-corrected chi connectivity index (χ2v) is 6.87. The van der Waals surface area contributed by atoms with Crippen LogP contribution in [-0.4, -0.2) is 34.3 Å². The summed E-state index contributed by atoms with van der Waals surface area (Å²) in [4.78, 5) is 14.6. The number of carbonyl (C=O) groups excluding carboxylic acids is 1. The number of nitrogens with one attached hydrogen (secondary N) is 1. The molecule has 21 heavy (non-hydrogen) atoms. The summed E-state index contributed by atoms with van der Waals surface area (Å²) < 4.78 is 0.791. The average Bonchev–Trinajstić information content (AvgIpc) is 3.30. The topological polar surface area (TPSA) is 32.3 Å². The Balaban J connectivity index is 2.11. The van der Waals surface area contributed by atoms with Gasteiger partial charge in [-0.1, -0.05) is 54.3 Å². The summed E-state index contributed by atoms with van der Waals surface area (Å²) in [6.07, 6.45) is 2.19. The molecule has 1 N–H and O–H groups in total. The number of thioether (sulfide) groups is 1. The molecule has 0 unspecified atom stereocenters. The summed E-state index contributed by atoms with van der Waals surface area (Å²) >= 11 is 6.99. The van der Waals surface area contributed by atoms with Crippen molar-refractivity contribution in [2.45, 2.75) is 38.0 Å². The summed E-state index contributed by atoms with van der Waals surface area (Å²) in [5, 5.41) is 2.83. The third kappa shape index (κ3) is 4.71. The number of thiocarbonyl (C=S) groups is 1. The molecule has 1 amide bonds. The van der Waals surface area contributed by atoms with E-state index in [1.54, 1.807) is 0 Å². The molecule has 5 heteroatoms. The molecule has 2 rings (SSSR count). The summed E-state index contributed by atoms with van der Waals surface area (Å²) in [7, 11) is 0. The zero-order valence-electron chi connectivity index (χ0n) is 12.5. The fourth-order valence-corrected chi connectivity index (χ4v) is 3.69. The Hall–Kier alpha value is -1.07. The Kier molecular flexibility index (Phi) is 6.06. The quantitative estimate of drug-likeness (QED) is 0.814. The van der Waals surface area contributed by atoms with Crippen LogP contribution in [0.1, 0.15) is 37.5 Å². The van der Waals surface area contributed by atoms with Crippen molar-refractivity contribution >= 4 is 34.2 Å². The summed E-state index contributed by atoms with van der Waals surface area (Å²) in [5.41, 5.74) is 1.01. The number of benzene rings is 1. The van der Waals surface area contributed by atoms with E-state index >= 15 is 0 Å². The van der Waals surface area contributed by atoms with E-state index < -0.39 is 0 Å². The first-order valence-corrected chi connectivity index (χ1v) is 8.75. The van der Waals surface area contributed by atoms with Gasteiger partial charge in [0, 0.05) is 19.1 Å². The van der Waals surface area contributed by atoms with Gasteiger partial charge >= 0.3 is 0 Å².